The summed E-state index contributed by atoms with van der Waals surface area (Å²) in [6.45, 7) is 11.1. The molecule has 0 fully saturated rings. The summed E-state index contributed by atoms with van der Waals surface area (Å²) in [7, 11) is 0. The average molecular weight is 765 g/mol. The average Bonchev–Trinajstić information content (AvgIpc) is 3.06. The number of hydrogen-bond donors (Lipinski definition) is 0. The van der Waals surface area contributed by atoms with E-state index in [4.69, 9.17) is 0 Å². The van der Waals surface area contributed by atoms with Gasteiger partial charge >= 0.3 is 0 Å². The molecule has 0 aliphatic rings. The third kappa shape index (κ3) is 9.41. The van der Waals surface area contributed by atoms with Crippen LogP contribution in [0.2, 0.25) is 0 Å². The van der Waals surface area contributed by atoms with Gasteiger partial charge in [0.15, 0.2) is 0 Å². The number of pyridine rings is 2. The van der Waals surface area contributed by atoms with Gasteiger partial charge in [-0.2, -0.15) is 0 Å². The maximum Gasteiger partial charge on any atom is 0.0193 e. The van der Waals surface area contributed by atoms with Gasteiger partial charge in [0.25, 0.3) is 0 Å². The summed E-state index contributed by atoms with van der Waals surface area (Å²) in [6.07, 6.45) is 4.93. The van der Waals surface area contributed by atoms with Crippen LogP contribution < -0.4 is 0 Å². The van der Waals surface area contributed by atoms with E-state index in [9.17, 15) is 0 Å². The molecule has 45 heavy (non-hydrogen) atoms. The first kappa shape index (κ1) is 33.7. The van der Waals surface area contributed by atoms with E-state index in [1.165, 1.54) is 33.4 Å². The van der Waals surface area contributed by atoms with Gasteiger partial charge in [-0.25, -0.2) is 0 Å². The number of aryl methyl sites for hydroxylation is 1. The molecular formula is C42H40IrN2-2. The SMILES string of the molecule is CC(C)(C)Cc1ccnc(-c2[c-]cccc2)c1.Cc1cnc(-c2[c-]ccc(-c3ccccc3)c2)cc1C(C)c1ccccc1.[Ir]. The topological polar surface area (TPSA) is 25.8 Å². The fourth-order valence-electron chi connectivity index (χ4n) is 5.40. The van der Waals surface area contributed by atoms with Gasteiger partial charge in [0.1, 0.15) is 0 Å². The fraction of sp³-hybridized carbons (Fsp3) is 0.190. The van der Waals surface area contributed by atoms with Gasteiger partial charge < -0.3 is 9.97 Å². The van der Waals surface area contributed by atoms with Crippen molar-refractivity contribution in [2.45, 2.75) is 47.0 Å². The predicted molar refractivity (Wildman–Crippen MR) is 184 cm³/mol. The first-order valence-electron chi connectivity index (χ1n) is 15.3. The van der Waals surface area contributed by atoms with Crippen molar-refractivity contribution in [3.05, 3.63) is 168 Å². The molecule has 0 amide bonds. The van der Waals surface area contributed by atoms with Crippen molar-refractivity contribution in [3.8, 4) is 33.6 Å². The maximum absolute atomic E-state index is 4.69. The summed E-state index contributed by atoms with van der Waals surface area (Å²) in [4.78, 5) is 9.10. The molecule has 1 atom stereocenters. The van der Waals surface area contributed by atoms with Crippen molar-refractivity contribution in [2.24, 2.45) is 5.41 Å². The first-order valence-corrected chi connectivity index (χ1v) is 15.3. The van der Waals surface area contributed by atoms with E-state index < -0.39 is 0 Å². The Bertz CT molecular complexity index is 1780. The molecule has 0 bridgehead atoms. The van der Waals surface area contributed by atoms with Gasteiger partial charge in [0.2, 0.25) is 0 Å². The van der Waals surface area contributed by atoms with Crippen LogP contribution in [0.3, 0.4) is 0 Å². The van der Waals surface area contributed by atoms with E-state index in [0.29, 0.717) is 11.3 Å². The summed E-state index contributed by atoms with van der Waals surface area (Å²) in [5.74, 6) is 0.324. The molecule has 1 unspecified atom stereocenters. The normalized spacial score (nSPS) is 11.5. The van der Waals surface area contributed by atoms with E-state index in [2.05, 4.69) is 142 Å². The van der Waals surface area contributed by atoms with Crippen LogP contribution >= 0.6 is 0 Å². The smallest absolute Gasteiger partial charge is 0.0193 e. The summed E-state index contributed by atoms with van der Waals surface area (Å²) in [5.41, 5.74) is 11.9. The molecule has 3 heteroatoms. The molecule has 6 rings (SSSR count). The number of benzene rings is 4. The van der Waals surface area contributed by atoms with Crippen molar-refractivity contribution >= 4 is 0 Å². The number of hydrogen-bond acceptors (Lipinski definition) is 2. The zero-order chi connectivity index (χ0) is 30.9. The van der Waals surface area contributed by atoms with Gasteiger partial charge in [0.05, 0.1) is 0 Å². The van der Waals surface area contributed by atoms with Gasteiger partial charge in [-0.3, -0.25) is 0 Å². The maximum atomic E-state index is 4.69. The Morgan fingerprint density at radius 2 is 1.33 bits per heavy atom. The standard InChI is InChI=1S/C26H22N.C16H18N.Ir/c1-19-18-27-26(17-25(19)20(2)21-10-5-3-6-11-21)24-15-9-14-23(16-24)22-12-7-4-8-13-22;1-16(2,3)12-13-9-10-17-15(11-13)14-7-5-4-6-8-14;/h3-14,16-18,20H,1-2H3;4-7,9-11H,12H2,1-3H3;/q2*-1;. The van der Waals surface area contributed by atoms with E-state index in [1.54, 1.807) is 0 Å². The largest absolute Gasteiger partial charge is 0.305 e. The van der Waals surface area contributed by atoms with Crippen LogP contribution in [0.1, 0.15) is 55.9 Å². The molecule has 0 aliphatic heterocycles. The molecule has 2 heterocycles. The second-order valence-corrected chi connectivity index (χ2v) is 12.5. The molecule has 1 radical (unpaired) electrons. The van der Waals surface area contributed by atoms with Crippen molar-refractivity contribution in [1.29, 1.82) is 0 Å². The van der Waals surface area contributed by atoms with Crippen LogP contribution in [-0.2, 0) is 26.5 Å². The Morgan fingerprint density at radius 1 is 0.667 bits per heavy atom. The molecule has 6 aromatic rings. The van der Waals surface area contributed by atoms with Crippen LogP contribution in [0.15, 0.2) is 134 Å². The van der Waals surface area contributed by atoms with Crippen LogP contribution in [0.4, 0.5) is 0 Å². The summed E-state index contributed by atoms with van der Waals surface area (Å²) in [6, 6.07) is 48.3. The first-order chi connectivity index (χ1) is 21.3. The van der Waals surface area contributed by atoms with Crippen LogP contribution in [0.5, 0.6) is 0 Å². The third-order valence-electron chi connectivity index (χ3n) is 7.64. The van der Waals surface area contributed by atoms with Crippen LogP contribution in [-0.4, -0.2) is 9.97 Å². The van der Waals surface area contributed by atoms with Gasteiger partial charge in [-0.15, -0.1) is 71.3 Å². The third-order valence-corrected chi connectivity index (χ3v) is 7.64. The summed E-state index contributed by atoms with van der Waals surface area (Å²) < 4.78 is 0. The zero-order valence-corrected chi connectivity index (χ0v) is 29.1. The Morgan fingerprint density at radius 3 is 2.02 bits per heavy atom. The number of nitrogens with zero attached hydrogens (tertiary/aromatic N) is 2. The molecule has 0 spiro atoms. The van der Waals surface area contributed by atoms with E-state index in [-0.39, 0.29) is 20.1 Å². The minimum Gasteiger partial charge on any atom is -0.305 e. The molecule has 2 aromatic heterocycles. The summed E-state index contributed by atoms with van der Waals surface area (Å²) >= 11 is 0. The Balaban J connectivity index is 0.000000222. The Kier molecular flexibility index (Phi) is 11.8. The minimum absolute atomic E-state index is 0. The Labute approximate surface area is 283 Å². The molecule has 0 saturated carbocycles. The van der Waals surface area contributed by atoms with Crippen LogP contribution in [0, 0.1) is 24.5 Å². The molecule has 229 valence electrons. The van der Waals surface area contributed by atoms with Crippen molar-refractivity contribution in [2.75, 3.05) is 0 Å². The second-order valence-electron chi connectivity index (χ2n) is 12.5. The fourth-order valence-corrected chi connectivity index (χ4v) is 5.40. The van der Waals surface area contributed by atoms with Crippen molar-refractivity contribution in [1.82, 2.24) is 9.97 Å². The van der Waals surface area contributed by atoms with Gasteiger partial charge in [-0.1, -0.05) is 106 Å². The van der Waals surface area contributed by atoms with E-state index in [0.717, 1.165) is 28.9 Å². The minimum atomic E-state index is 0. The molecular weight excluding hydrogens is 725 g/mol. The quantitative estimate of drug-likeness (QED) is 0.158. The number of rotatable bonds is 6. The monoisotopic (exact) mass is 765 g/mol. The van der Waals surface area contributed by atoms with E-state index >= 15 is 0 Å². The molecule has 0 N–H and O–H groups in total. The number of aromatic nitrogens is 2. The van der Waals surface area contributed by atoms with Gasteiger partial charge in [0, 0.05) is 38.4 Å². The Hall–Kier alpha value is -4.17. The molecule has 0 aliphatic carbocycles. The van der Waals surface area contributed by atoms with Crippen molar-refractivity contribution in [3.63, 3.8) is 0 Å². The van der Waals surface area contributed by atoms with Gasteiger partial charge in [-0.05, 0) is 58.5 Å². The molecule has 2 nitrogen and oxygen atoms in total. The van der Waals surface area contributed by atoms with E-state index in [1.807, 2.05) is 48.8 Å². The second kappa shape index (κ2) is 15.7. The van der Waals surface area contributed by atoms with Crippen molar-refractivity contribution < 1.29 is 20.1 Å². The molecule has 0 saturated heterocycles. The summed E-state index contributed by atoms with van der Waals surface area (Å²) in [5, 5.41) is 0. The van der Waals surface area contributed by atoms with Crippen LogP contribution in [0.25, 0.3) is 33.6 Å². The predicted octanol–water partition coefficient (Wildman–Crippen LogP) is 10.8. The zero-order valence-electron chi connectivity index (χ0n) is 26.7. The molecule has 4 aromatic carbocycles.